The van der Waals surface area contributed by atoms with Crippen molar-refractivity contribution in [2.75, 3.05) is 7.11 Å². The quantitative estimate of drug-likeness (QED) is 0.121. The Labute approximate surface area is 253 Å². The van der Waals surface area contributed by atoms with E-state index in [1.54, 1.807) is 52.0 Å². The molecule has 0 aliphatic carbocycles. The van der Waals surface area contributed by atoms with E-state index >= 15 is 0 Å². The molecule has 1 unspecified atom stereocenters. The van der Waals surface area contributed by atoms with Crippen molar-refractivity contribution in [1.82, 2.24) is 10.0 Å². The number of halogens is 2. The van der Waals surface area contributed by atoms with E-state index in [4.69, 9.17) is 32.7 Å². The number of hydrogen-bond donors (Lipinski definition) is 0. The van der Waals surface area contributed by atoms with Gasteiger partial charge in [0.15, 0.2) is 0 Å². The largest absolute Gasteiger partial charge is 0.496 e. The Hall–Kier alpha value is -4.15. The van der Waals surface area contributed by atoms with Gasteiger partial charge in [-0.2, -0.15) is 5.01 Å². The molecule has 3 aromatic rings. The molecule has 3 amide bonds. The number of ether oxygens (including phenoxy) is 2. The van der Waals surface area contributed by atoms with E-state index in [0.717, 1.165) is 33.3 Å². The molecule has 0 radical (unpaired) electrons. The molecule has 0 N–H and O–H groups in total. The molecular formula is C30H31Cl2N3O7. The minimum absolute atomic E-state index is 0.0771. The summed E-state index contributed by atoms with van der Waals surface area (Å²) in [5, 5.41) is 12.6. The zero-order chi connectivity index (χ0) is 31.5. The fraction of sp³-hybridized carbons (Fsp3) is 0.300. The van der Waals surface area contributed by atoms with Crippen LogP contribution in [0.5, 0.6) is 5.75 Å². The molecule has 0 saturated heterocycles. The van der Waals surface area contributed by atoms with Crippen molar-refractivity contribution in [1.29, 1.82) is 0 Å². The van der Waals surface area contributed by atoms with Gasteiger partial charge in [-0.25, -0.2) is 9.80 Å². The number of hydrogen-bond acceptors (Lipinski definition) is 7. The van der Waals surface area contributed by atoms with Gasteiger partial charge in [0.2, 0.25) is 5.56 Å². The molecular weight excluding hydrogens is 585 g/mol. The Bertz CT molecular complexity index is 1530. The highest BCUT2D eigenvalue weighted by atomic mass is 35.5. The number of alkyl halides is 1. The maximum absolute atomic E-state index is 14.2. The van der Waals surface area contributed by atoms with Crippen LogP contribution >= 0.6 is 23.2 Å². The summed E-state index contributed by atoms with van der Waals surface area (Å²) >= 11 is 12.6. The van der Waals surface area contributed by atoms with Crippen molar-refractivity contribution in [2.45, 2.75) is 52.6 Å². The number of non-ortho nitro benzene ring substituents is 1. The molecule has 1 atom stereocenters. The minimum Gasteiger partial charge on any atom is -0.496 e. The molecule has 3 rings (SSSR count). The van der Waals surface area contributed by atoms with Gasteiger partial charge in [-0.15, -0.1) is 0 Å². The fourth-order valence-electron chi connectivity index (χ4n) is 4.35. The number of carbonyl (C=O) groups excluding carboxylic acids is 3. The number of carbonyl (C=O) groups is 3. The molecule has 0 bridgehead atoms. The molecule has 0 heterocycles. The third-order valence-corrected chi connectivity index (χ3v) is 6.89. The van der Waals surface area contributed by atoms with E-state index in [1.165, 1.54) is 19.2 Å². The van der Waals surface area contributed by atoms with E-state index < -0.39 is 33.9 Å². The zero-order valence-electron chi connectivity index (χ0n) is 24.2. The number of nitro benzene ring substituents is 1. The first-order chi connectivity index (χ1) is 19.6. The van der Waals surface area contributed by atoms with Crippen molar-refractivity contribution in [3.63, 3.8) is 0 Å². The summed E-state index contributed by atoms with van der Waals surface area (Å²) in [6, 6.07) is 13.4. The van der Waals surface area contributed by atoms with Gasteiger partial charge in [0.1, 0.15) is 5.75 Å². The number of aryl methyl sites for hydroxylation is 2. The number of nitro groups is 1. The number of imide groups is 1. The number of methoxy groups -OCH3 is 1. The maximum atomic E-state index is 14.2. The number of hydrazine groups is 1. The van der Waals surface area contributed by atoms with Crippen LogP contribution in [-0.4, -0.2) is 45.5 Å². The Morgan fingerprint density at radius 3 is 2.10 bits per heavy atom. The zero-order valence-corrected chi connectivity index (χ0v) is 25.7. The number of rotatable bonds is 6. The van der Waals surface area contributed by atoms with Crippen molar-refractivity contribution >= 4 is 46.8 Å². The van der Waals surface area contributed by atoms with Crippen LogP contribution in [0.25, 0.3) is 0 Å². The van der Waals surface area contributed by atoms with Gasteiger partial charge < -0.3 is 9.47 Å². The summed E-state index contributed by atoms with van der Waals surface area (Å²) in [7, 11) is 1.46. The Morgan fingerprint density at radius 1 is 0.952 bits per heavy atom. The van der Waals surface area contributed by atoms with Gasteiger partial charge in [0.05, 0.1) is 22.6 Å². The third kappa shape index (κ3) is 7.00. The Balaban J connectivity index is 2.14. The molecule has 0 aromatic heterocycles. The third-order valence-electron chi connectivity index (χ3n) is 6.24. The second-order valence-electron chi connectivity index (χ2n) is 10.6. The van der Waals surface area contributed by atoms with Gasteiger partial charge in [-0.05, 0) is 71.9 Å². The Kier molecular flexibility index (Phi) is 9.86. The second kappa shape index (κ2) is 12.8. The smallest absolute Gasteiger partial charge is 0.431 e. The molecule has 0 aliphatic heterocycles. The lowest BCUT2D eigenvalue weighted by molar-refractivity contribution is -0.384. The van der Waals surface area contributed by atoms with Gasteiger partial charge in [0, 0.05) is 34.4 Å². The lowest BCUT2D eigenvalue weighted by atomic mass is 10.0. The van der Waals surface area contributed by atoms with Crippen LogP contribution in [0.2, 0.25) is 5.02 Å². The van der Waals surface area contributed by atoms with Crippen LogP contribution in [-0.2, 0) is 4.74 Å². The van der Waals surface area contributed by atoms with Crippen LogP contribution in [0, 0.1) is 30.9 Å². The van der Waals surface area contributed by atoms with Gasteiger partial charge in [-0.3, -0.25) is 19.7 Å². The topological polar surface area (TPSA) is 119 Å². The average Bonchev–Trinajstić information content (AvgIpc) is 2.89. The molecule has 0 fully saturated rings. The van der Waals surface area contributed by atoms with Crippen LogP contribution in [0.4, 0.5) is 10.5 Å². The maximum Gasteiger partial charge on any atom is 0.431 e. The van der Waals surface area contributed by atoms with Crippen molar-refractivity contribution in [2.24, 2.45) is 0 Å². The molecule has 0 aliphatic rings. The lowest BCUT2D eigenvalue weighted by Crippen LogP contribution is -2.60. The van der Waals surface area contributed by atoms with Crippen molar-refractivity contribution in [3.05, 3.63) is 103 Å². The summed E-state index contributed by atoms with van der Waals surface area (Å²) < 4.78 is 10.9. The molecule has 12 heteroatoms. The first kappa shape index (κ1) is 32.4. The number of amides is 3. The molecule has 0 spiro atoms. The van der Waals surface area contributed by atoms with Crippen LogP contribution in [0.1, 0.15) is 69.3 Å². The summed E-state index contributed by atoms with van der Waals surface area (Å²) in [6.45, 7) is 10.1. The van der Waals surface area contributed by atoms with Gasteiger partial charge in [-0.1, -0.05) is 46.5 Å². The van der Waals surface area contributed by atoms with Crippen LogP contribution in [0.3, 0.4) is 0 Å². The molecule has 3 aromatic carbocycles. The van der Waals surface area contributed by atoms with E-state index in [-0.39, 0.29) is 27.4 Å². The summed E-state index contributed by atoms with van der Waals surface area (Å²) in [6.07, 6.45) is -1.14. The summed E-state index contributed by atoms with van der Waals surface area (Å²) in [5.74, 6) is -1.17. The minimum atomic E-state index is -1.51. The number of benzene rings is 3. The molecule has 10 nitrogen and oxygen atoms in total. The lowest BCUT2D eigenvalue weighted by Gasteiger charge is -2.41. The van der Waals surface area contributed by atoms with E-state index in [2.05, 4.69) is 0 Å². The van der Waals surface area contributed by atoms with Crippen LogP contribution < -0.4 is 4.74 Å². The molecule has 0 saturated carbocycles. The summed E-state index contributed by atoms with van der Waals surface area (Å²) in [4.78, 5) is 52.6. The van der Waals surface area contributed by atoms with Gasteiger partial charge >= 0.3 is 6.09 Å². The second-order valence-corrected chi connectivity index (χ2v) is 11.4. The molecule has 42 heavy (non-hydrogen) atoms. The predicted octanol–water partition coefficient (Wildman–Crippen LogP) is 7.55. The van der Waals surface area contributed by atoms with E-state index in [0.29, 0.717) is 11.3 Å². The first-order valence-corrected chi connectivity index (χ1v) is 13.6. The predicted molar refractivity (Wildman–Crippen MR) is 159 cm³/mol. The highest BCUT2D eigenvalue weighted by molar-refractivity contribution is 6.33. The van der Waals surface area contributed by atoms with E-state index in [1.807, 2.05) is 19.9 Å². The van der Waals surface area contributed by atoms with E-state index in [9.17, 15) is 24.5 Å². The number of nitrogens with zero attached hydrogens (tertiary/aromatic N) is 3. The molecule has 222 valence electrons. The Morgan fingerprint density at radius 2 is 1.57 bits per heavy atom. The highest BCUT2D eigenvalue weighted by Crippen LogP contribution is 2.34. The normalized spacial score (nSPS) is 11.8. The monoisotopic (exact) mass is 615 g/mol. The fourth-order valence-corrected chi connectivity index (χ4v) is 4.94. The first-order valence-electron chi connectivity index (χ1n) is 12.8. The summed E-state index contributed by atoms with van der Waals surface area (Å²) in [5.41, 5.74) is -0.596. The standard InChI is InChI=1S/C30H31Cl2N3O7/c1-17-13-18(2)15-20(14-17)27(36)33(28(37)22-9-8-10-25(41-7)19(22)3)34(30(4,5)6)29(38)42-26(32)23-12-11-21(35(39)40)16-24(23)31/h8-16,26H,1-7H3. The van der Waals surface area contributed by atoms with Crippen molar-refractivity contribution in [3.8, 4) is 5.75 Å². The SMILES string of the molecule is COc1cccc(C(=O)N(C(=O)c2cc(C)cc(C)c2)N(C(=O)OC(Cl)c2ccc([N+](=O)[O-])cc2Cl)C(C)(C)C)c1C. The average molecular weight is 616 g/mol. The van der Waals surface area contributed by atoms with Crippen LogP contribution in [0.15, 0.2) is 54.6 Å². The van der Waals surface area contributed by atoms with Gasteiger partial charge in [0.25, 0.3) is 17.5 Å². The highest BCUT2D eigenvalue weighted by Gasteiger charge is 2.42. The van der Waals surface area contributed by atoms with Crippen molar-refractivity contribution < 1.29 is 28.8 Å².